The smallest absolute Gasteiger partial charge is 0.264 e. The molecule has 0 amide bonds. The SMILES string of the molecule is C[C@H]1CC(=O)c2ccc(N3CCN(C)CC3)cc2N1S(=O)(=O)c1ccc2ccccc2c1. The fraction of sp³-hybridized carbons (Fsp3) is 0.320. The number of anilines is 2. The first-order valence-corrected chi connectivity index (χ1v) is 12.4. The van der Waals surface area contributed by atoms with Crippen LogP contribution >= 0.6 is 0 Å². The molecule has 3 aromatic carbocycles. The van der Waals surface area contributed by atoms with Crippen molar-refractivity contribution in [1.82, 2.24) is 4.90 Å². The molecule has 2 heterocycles. The van der Waals surface area contributed by atoms with E-state index in [0.29, 0.717) is 11.3 Å². The van der Waals surface area contributed by atoms with Gasteiger partial charge in [-0.2, -0.15) is 0 Å². The van der Waals surface area contributed by atoms with Crippen molar-refractivity contribution in [3.05, 3.63) is 66.2 Å². The predicted molar refractivity (Wildman–Crippen MR) is 128 cm³/mol. The van der Waals surface area contributed by atoms with Crippen LogP contribution in [0.15, 0.2) is 65.6 Å². The summed E-state index contributed by atoms with van der Waals surface area (Å²) >= 11 is 0. The Hall–Kier alpha value is -2.90. The summed E-state index contributed by atoms with van der Waals surface area (Å²) in [6.45, 7) is 5.45. The zero-order valence-corrected chi connectivity index (χ0v) is 19.2. The molecule has 0 aromatic heterocycles. The highest BCUT2D eigenvalue weighted by Crippen LogP contribution is 2.38. The number of piperazine rings is 1. The van der Waals surface area contributed by atoms with Gasteiger partial charge in [0.05, 0.1) is 10.6 Å². The van der Waals surface area contributed by atoms with Crippen molar-refractivity contribution in [2.45, 2.75) is 24.3 Å². The van der Waals surface area contributed by atoms with Crippen molar-refractivity contribution >= 4 is 38.0 Å². The van der Waals surface area contributed by atoms with Crippen LogP contribution in [0.1, 0.15) is 23.7 Å². The highest BCUT2D eigenvalue weighted by atomic mass is 32.2. The number of ketones is 1. The van der Waals surface area contributed by atoms with Gasteiger partial charge in [-0.1, -0.05) is 30.3 Å². The molecule has 2 aliphatic rings. The van der Waals surface area contributed by atoms with Crippen LogP contribution in [0.25, 0.3) is 10.8 Å². The van der Waals surface area contributed by atoms with Crippen LogP contribution in [0.3, 0.4) is 0 Å². The number of sulfonamides is 1. The van der Waals surface area contributed by atoms with Crippen LogP contribution < -0.4 is 9.21 Å². The maximum Gasteiger partial charge on any atom is 0.264 e. The van der Waals surface area contributed by atoms with Crippen LogP contribution in [0.4, 0.5) is 11.4 Å². The van der Waals surface area contributed by atoms with Gasteiger partial charge in [-0.15, -0.1) is 0 Å². The van der Waals surface area contributed by atoms with E-state index in [9.17, 15) is 13.2 Å². The summed E-state index contributed by atoms with van der Waals surface area (Å²) in [5.41, 5.74) is 1.92. The Morgan fingerprint density at radius 3 is 2.34 bits per heavy atom. The van der Waals surface area contributed by atoms with E-state index in [0.717, 1.165) is 42.6 Å². The van der Waals surface area contributed by atoms with E-state index in [4.69, 9.17) is 0 Å². The van der Waals surface area contributed by atoms with Crippen LogP contribution in [0.5, 0.6) is 0 Å². The quantitative estimate of drug-likeness (QED) is 0.609. The number of carbonyl (C=O) groups excluding carboxylic acids is 1. The molecule has 0 bridgehead atoms. The summed E-state index contributed by atoms with van der Waals surface area (Å²) in [6, 6.07) is 18.1. The molecule has 7 heteroatoms. The topological polar surface area (TPSA) is 60.9 Å². The third-order valence-corrected chi connectivity index (χ3v) is 8.47. The molecule has 0 spiro atoms. The summed E-state index contributed by atoms with van der Waals surface area (Å²) in [7, 11) is -1.74. The molecule has 3 aromatic rings. The first-order valence-electron chi connectivity index (χ1n) is 11.0. The Morgan fingerprint density at radius 2 is 1.59 bits per heavy atom. The molecular weight excluding hydrogens is 422 g/mol. The number of rotatable bonds is 3. The van der Waals surface area contributed by atoms with Gasteiger partial charge in [-0.3, -0.25) is 9.10 Å². The Morgan fingerprint density at radius 1 is 0.875 bits per heavy atom. The molecule has 1 fully saturated rings. The van der Waals surface area contributed by atoms with Crippen molar-refractivity contribution in [1.29, 1.82) is 0 Å². The van der Waals surface area contributed by atoms with Crippen molar-refractivity contribution in [2.75, 3.05) is 42.4 Å². The van der Waals surface area contributed by atoms with E-state index in [1.54, 1.807) is 18.2 Å². The lowest BCUT2D eigenvalue weighted by Gasteiger charge is -2.38. The number of benzene rings is 3. The van der Waals surface area contributed by atoms with Crippen molar-refractivity contribution in [3.63, 3.8) is 0 Å². The van der Waals surface area contributed by atoms with Gasteiger partial charge in [-0.25, -0.2) is 8.42 Å². The first-order chi connectivity index (χ1) is 15.3. The van der Waals surface area contributed by atoms with E-state index in [2.05, 4.69) is 16.8 Å². The minimum atomic E-state index is -3.84. The Labute approximate surface area is 189 Å². The second kappa shape index (κ2) is 7.90. The van der Waals surface area contributed by atoms with E-state index < -0.39 is 16.1 Å². The van der Waals surface area contributed by atoms with Gasteiger partial charge in [0.2, 0.25) is 0 Å². The number of Topliss-reactive ketones (excluding diaryl/α,β-unsaturated/α-hetero) is 1. The van der Waals surface area contributed by atoms with Gasteiger partial charge >= 0.3 is 0 Å². The van der Waals surface area contributed by atoms with Crippen LogP contribution in [-0.4, -0.2) is 58.4 Å². The Bertz CT molecular complexity index is 1300. The number of likely N-dealkylation sites (N-methyl/N-ethyl adjacent to an activating group) is 1. The molecule has 0 unspecified atom stereocenters. The second-order valence-electron chi connectivity index (χ2n) is 8.78. The molecule has 2 aliphatic heterocycles. The molecule has 0 radical (unpaired) electrons. The average molecular weight is 450 g/mol. The summed E-state index contributed by atoms with van der Waals surface area (Å²) in [6.07, 6.45) is 0.174. The predicted octanol–water partition coefficient (Wildman–Crippen LogP) is 3.76. The highest BCUT2D eigenvalue weighted by molar-refractivity contribution is 7.92. The third-order valence-electron chi connectivity index (χ3n) is 6.55. The molecule has 1 atom stereocenters. The summed E-state index contributed by atoms with van der Waals surface area (Å²) in [5, 5.41) is 1.87. The second-order valence-corrected chi connectivity index (χ2v) is 10.6. The Kier molecular flexibility index (Phi) is 5.18. The van der Waals surface area contributed by atoms with Gasteiger partial charge < -0.3 is 9.80 Å². The van der Waals surface area contributed by atoms with Crippen LogP contribution in [0, 0.1) is 0 Å². The first kappa shape index (κ1) is 21.0. The van der Waals surface area contributed by atoms with E-state index >= 15 is 0 Å². The minimum absolute atomic E-state index is 0.0117. The third kappa shape index (κ3) is 3.55. The molecule has 32 heavy (non-hydrogen) atoms. The van der Waals surface area contributed by atoms with Gasteiger partial charge in [0, 0.05) is 49.9 Å². The average Bonchev–Trinajstić information content (AvgIpc) is 2.78. The van der Waals surface area contributed by atoms with Crippen molar-refractivity contribution in [3.8, 4) is 0 Å². The monoisotopic (exact) mass is 449 g/mol. The summed E-state index contributed by atoms with van der Waals surface area (Å²) in [5.74, 6) is -0.0117. The van der Waals surface area contributed by atoms with Crippen molar-refractivity contribution < 1.29 is 13.2 Å². The zero-order chi connectivity index (χ0) is 22.5. The number of nitrogens with zero attached hydrogens (tertiary/aromatic N) is 3. The van der Waals surface area contributed by atoms with Crippen molar-refractivity contribution in [2.24, 2.45) is 0 Å². The number of fused-ring (bicyclic) bond motifs is 2. The highest BCUT2D eigenvalue weighted by Gasteiger charge is 2.37. The van der Waals surface area contributed by atoms with Gasteiger partial charge in [0.25, 0.3) is 10.0 Å². The minimum Gasteiger partial charge on any atom is -0.369 e. The van der Waals surface area contributed by atoms with E-state index in [-0.39, 0.29) is 17.1 Å². The molecule has 0 aliphatic carbocycles. The molecule has 166 valence electrons. The molecular formula is C25H27N3O3S. The number of hydrogen-bond donors (Lipinski definition) is 0. The summed E-state index contributed by atoms with van der Waals surface area (Å²) < 4.78 is 29.1. The fourth-order valence-corrected chi connectivity index (χ4v) is 6.41. The zero-order valence-electron chi connectivity index (χ0n) is 18.4. The number of hydrogen-bond acceptors (Lipinski definition) is 5. The van der Waals surface area contributed by atoms with Crippen LogP contribution in [-0.2, 0) is 10.0 Å². The molecule has 0 saturated carbocycles. The number of carbonyl (C=O) groups is 1. The fourth-order valence-electron chi connectivity index (χ4n) is 4.71. The standard InChI is InChI=1S/C25H27N3O3S/c1-18-15-25(29)23-10-8-21(27-13-11-26(2)12-14-27)17-24(23)28(18)32(30,31)22-9-7-19-5-3-4-6-20(19)16-22/h3-10,16-18H,11-15H2,1-2H3/t18-/m0/s1. The lowest BCUT2D eigenvalue weighted by molar-refractivity contribution is 0.0972. The largest absolute Gasteiger partial charge is 0.369 e. The summed E-state index contributed by atoms with van der Waals surface area (Å²) in [4.78, 5) is 17.5. The van der Waals surface area contributed by atoms with E-state index in [1.165, 1.54) is 4.31 Å². The Balaban J connectivity index is 1.60. The molecule has 0 N–H and O–H groups in total. The van der Waals surface area contributed by atoms with Gasteiger partial charge in [0.1, 0.15) is 0 Å². The van der Waals surface area contributed by atoms with Gasteiger partial charge in [-0.05, 0) is 55.1 Å². The lowest BCUT2D eigenvalue weighted by Crippen LogP contribution is -2.45. The lowest BCUT2D eigenvalue weighted by atomic mass is 9.97. The van der Waals surface area contributed by atoms with Crippen LogP contribution in [0.2, 0.25) is 0 Å². The molecule has 1 saturated heterocycles. The maximum atomic E-state index is 13.8. The maximum absolute atomic E-state index is 13.8. The molecule has 5 rings (SSSR count). The van der Waals surface area contributed by atoms with E-state index in [1.807, 2.05) is 49.4 Å². The van der Waals surface area contributed by atoms with Gasteiger partial charge in [0.15, 0.2) is 5.78 Å². The molecule has 6 nitrogen and oxygen atoms in total. The normalized spacial score (nSPS) is 19.9.